The van der Waals surface area contributed by atoms with E-state index in [1.165, 1.54) is 32.4 Å². The summed E-state index contributed by atoms with van der Waals surface area (Å²) >= 11 is 0. The largest absolute Gasteiger partial charge is 0.496 e. The second kappa shape index (κ2) is 6.86. The molecule has 0 aliphatic carbocycles. The SMILES string of the molecule is COc1ccc(F)cc1C(C)NC(=O)CN(C)S(C)(=O)=O. The Hall–Kier alpha value is -1.67. The van der Waals surface area contributed by atoms with Crippen LogP contribution in [0.1, 0.15) is 18.5 Å². The lowest BCUT2D eigenvalue weighted by Gasteiger charge is -2.19. The van der Waals surface area contributed by atoms with Gasteiger partial charge in [0.25, 0.3) is 0 Å². The van der Waals surface area contributed by atoms with E-state index in [2.05, 4.69) is 5.32 Å². The molecule has 1 N–H and O–H groups in total. The fourth-order valence-corrected chi connectivity index (χ4v) is 2.08. The highest BCUT2D eigenvalue weighted by molar-refractivity contribution is 7.88. The monoisotopic (exact) mass is 318 g/mol. The number of benzene rings is 1. The number of carbonyl (C=O) groups is 1. The minimum absolute atomic E-state index is 0.305. The number of hydrogen-bond donors (Lipinski definition) is 1. The maximum absolute atomic E-state index is 13.3. The first-order valence-electron chi connectivity index (χ1n) is 6.19. The molecule has 0 aliphatic heterocycles. The Balaban J connectivity index is 2.79. The Labute approximate surface area is 123 Å². The Morgan fingerprint density at radius 2 is 2.10 bits per heavy atom. The molecule has 1 aromatic carbocycles. The number of sulfonamides is 1. The van der Waals surface area contributed by atoms with Gasteiger partial charge in [-0.25, -0.2) is 12.8 Å². The van der Waals surface area contributed by atoms with Crippen LogP contribution in [0, 0.1) is 5.82 Å². The number of rotatable bonds is 6. The molecule has 0 saturated heterocycles. The molecule has 0 heterocycles. The van der Waals surface area contributed by atoms with Crippen molar-refractivity contribution in [1.82, 2.24) is 9.62 Å². The summed E-state index contributed by atoms with van der Waals surface area (Å²) in [6, 6.07) is 3.48. The van der Waals surface area contributed by atoms with Crippen LogP contribution in [0.5, 0.6) is 5.75 Å². The Morgan fingerprint density at radius 3 is 2.62 bits per heavy atom. The van der Waals surface area contributed by atoms with Gasteiger partial charge in [-0.1, -0.05) is 0 Å². The van der Waals surface area contributed by atoms with Crippen molar-refractivity contribution in [3.8, 4) is 5.75 Å². The topological polar surface area (TPSA) is 75.7 Å². The molecule has 6 nitrogen and oxygen atoms in total. The number of ether oxygens (including phenoxy) is 1. The van der Waals surface area contributed by atoms with Crippen LogP contribution < -0.4 is 10.1 Å². The van der Waals surface area contributed by atoms with Gasteiger partial charge in [0.15, 0.2) is 0 Å². The van der Waals surface area contributed by atoms with E-state index in [1.807, 2.05) is 0 Å². The molecule has 1 rings (SSSR count). The zero-order chi connectivity index (χ0) is 16.2. The van der Waals surface area contributed by atoms with E-state index in [0.717, 1.165) is 10.6 Å². The molecule has 1 amide bonds. The van der Waals surface area contributed by atoms with Crippen LogP contribution in [0.2, 0.25) is 0 Å². The van der Waals surface area contributed by atoms with Gasteiger partial charge < -0.3 is 10.1 Å². The molecule has 0 saturated carbocycles. The first kappa shape index (κ1) is 17.4. The quantitative estimate of drug-likeness (QED) is 0.846. The normalized spacial score (nSPS) is 13.0. The van der Waals surface area contributed by atoms with Gasteiger partial charge in [-0.05, 0) is 25.1 Å². The van der Waals surface area contributed by atoms with E-state index < -0.39 is 27.8 Å². The van der Waals surface area contributed by atoms with Crippen LogP contribution in [0.4, 0.5) is 4.39 Å². The lowest BCUT2D eigenvalue weighted by atomic mass is 10.1. The first-order chi connectivity index (χ1) is 9.65. The summed E-state index contributed by atoms with van der Waals surface area (Å²) in [5, 5.41) is 2.61. The van der Waals surface area contributed by atoms with Gasteiger partial charge in [0.05, 0.1) is 26.0 Å². The third kappa shape index (κ3) is 4.98. The molecule has 21 heavy (non-hydrogen) atoms. The van der Waals surface area contributed by atoms with Gasteiger partial charge in [0.1, 0.15) is 11.6 Å². The van der Waals surface area contributed by atoms with Crippen LogP contribution in [-0.4, -0.2) is 45.6 Å². The van der Waals surface area contributed by atoms with E-state index in [1.54, 1.807) is 6.92 Å². The summed E-state index contributed by atoms with van der Waals surface area (Å²) in [6.07, 6.45) is 1.01. The van der Waals surface area contributed by atoms with Crippen molar-refractivity contribution in [2.45, 2.75) is 13.0 Å². The van der Waals surface area contributed by atoms with Gasteiger partial charge in [0.2, 0.25) is 15.9 Å². The van der Waals surface area contributed by atoms with Crippen LogP contribution in [0.25, 0.3) is 0 Å². The Bertz CT molecular complexity index is 619. The molecule has 1 atom stereocenters. The number of likely N-dealkylation sites (N-methyl/N-ethyl adjacent to an activating group) is 1. The van der Waals surface area contributed by atoms with Crippen molar-refractivity contribution >= 4 is 15.9 Å². The third-order valence-corrected chi connectivity index (χ3v) is 4.23. The van der Waals surface area contributed by atoms with Crippen molar-refractivity contribution in [3.63, 3.8) is 0 Å². The average molecular weight is 318 g/mol. The lowest BCUT2D eigenvalue weighted by molar-refractivity contribution is -0.121. The zero-order valence-corrected chi connectivity index (χ0v) is 13.2. The molecule has 1 aromatic rings. The molecule has 0 radical (unpaired) electrons. The number of halogens is 1. The summed E-state index contributed by atoms with van der Waals surface area (Å²) in [4.78, 5) is 11.8. The summed E-state index contributed by atoms with van der Waals surface area (Å²) in [7, 11) is -0.675. The number of amides is 1. The third-order valence-electron chi connectivity index (χ3n) is 2.97. The van der Waals surface area contributed by atoms with E-state index in [9.17, 15) is 17.6 Å². The summed E-state index contributed by atoms with van der Waals surface area (Å²) < 4.78 is 41.8. The van der Waals surface area contributed by atoms with Crippen molar-refractivity contribution in [3.05, 3.63) is 29.6 Å². The highest BCUT2D eigenvalue weighted by atomic mass is 32.2. The Morgan fingerprint density at radius 1 is 1.48 bits per heavy atom. The summed E-state index contributed by atoms with van der Waals surface area (Å²) in [6.45, 7) is 1.36. The second-order valence-electron chi connectivity index (χ2n) is 4.69. The summed E-state index contributed by atoms with van der Waals surface area (Å²) in [5.41, 5.74) is 0.479. The molecule has 0 aromatic heterocycles. The van der Waals surface area contributed by atoms with E-state index in [0.29, 0.717) is 11.3 Å². The zero-order valence-electron chi connectivity index (χ0n) is 12.4. The predicted molar refractivity (Wildman–Crippen MR) is 77.0 cm³/mol. The molecule has 118 valence electrons. The maximum atomic E-state index is 13.3. The first-order valence-corrected chi connectivity index (χ1v) is 8.04. The predicted octanol–water partition coefficient (Wildman–Crippen LogP) is 0.903. The minimum Gasteiger partial charge on any atom is -0.496 e. The average Bonchev–Trinajstić information content (AvgIpc) is 2.37. The van der Waals surface area contributed by atoms with E-state index >= 15 is 0 Å². The molecule has 0 aliphatic rings. The van der Waals surface area contributed by atoms with Gasteiger partial charge in [-0.15, -0.1) is 0 Å². The molecular weight excluding hydrogens is 299 g/mol. The molecule has 1 unspecified atom stereocenters. The van der Waals surface area contributed by atoms with Gasteiger partial charge in [0, 0.05) is 12.6 Å². The minimum atomic E-state index is -3.43. The molecule has 0 fully saturated rings. The fraction of sp³-hybridized carbons (Fsp3) is 0.462. The molecular formula is C13H19FN2O4S. The molecule has 0 spiro atoms. The van der Waals surface area contributed by atoms with Crippen LogP contribution >= 0.6 is 0 Å². The van der Waals surface area contributed by atoms with Gasteiger partial charge in [-0.2, -0.15) is 4.31 Å². The smallest absolute Gasteiger partial charge is 0.235 e. The summed E-state index contributed by atoms with van der Waals surface area (Å²) in [5.74, 6) is -0.484. The number of hydrogen-bond acceptors (Lipinski definition) is 4. The van der Waals surface area contributed by atoms with Crippen molar-refractivity contribution in [2.24, 2.45) is 0 Å². The fourth-order valence-electron chi connectivity index (χ4n) is 1.73. The van der Waals surface area contributed by atoms with Crippen molar-refractivity contribution < 1.29 is 22.3 Å². The van der Waals surface area contributed by atoms with Crippen LogP contribution in [0.15, 0.2) is 18.2 Å². The maximum Gasteiger partial charge on any atom is 0.235 e. The van der Waals surface area contributed by atoms with Crippen molar-refractivity contribution in [2.75, 3.05) is 27.0 Å². The van der Waals surface area contributed by atoms with Gasteiger partial charge >= 0.3 is 0 Å². The Kier molecular flexibility index (Phi) is 5.68. The number of carbonyl (C=O) groups excluding carboxylic acids is 1. The highest BCUT2D eigenvalue weighted by Crippen LogP contribution is 2.25. The van der Waals surface area contributed by atoms with Crippen molar-refractivity contribution in [1.29, 1.82) is 0 Å². The lowest BCUT2D eigenvalue weighted by Crippen LogP contribution is -2.38. The van der Waals surface area contributed by atoms with E-state index in [-0.39, 0.29) is 6.54 Å². The number of nitrogens with one attached hydrogen (secondary N) is 1. The van der Waals surface area contributed by atoms with Crippen LogP contribution in [-0.2, 0) is 14.8 Å². The highest BCUT2D eigenvalue weighted by Gasteiger charge is 2.19. The number of nitrogens with zero attached hydrogens (tertiary/aromatic N) is 1. The second-order valence-corrected chi connectivity index (χ2v) is 6.78. The molecule has 0 bridgehead atoms. The van der Waals surface area contributed by atoms with E-state index in [4.69, 9.17) is 4.74 Å². The molecule has 8 heteroatoms. The standard InChI is InChI=1S/C13H19FN2O4S/c1-9(11-7-10(14)5-6-12(11)20-3)15-13(17)8-16(2)21(4,18)19/h5-7,9H,8H2,1-4H3,(H,15,17). The van der Waals surface area contributed by atoms with Crippen LogP contribution in [0.3, 0.4) is 0 Å². The number of methoxy groups -OCH3 is 1. The van der Waals surface area contributed by atoms with Gasteiger partial charge in [-0.3, -0.25) is 4.79 Å².